The molecule has 2 rings (SSSR count). The van der Waals surface area contributed by atoms with Crippen LogP contribution in [0.25, 0.3) is 0 Å². The van der Waals surface area contributed by atoms with Gasteiger partial charge in [-0.3, -0.25) is 14.4 Å². The largest absolute Gasteiger partial charge is 0.481 e. The Morgan fingerprint density at radius 3 is 2.71 bits per heavy atom. The molecule has 0 aromatic heterocycles. The van der Waals surface area contributed by atoms with E-state index in [0.29, 0.717) is 32.2 Å². The van der Waals surface area contributed by atoms with Crippen LogP contribution in [0, 0.1) is 5.92 Å². The first-order chi connectivity index (χ1) is 8.08. The minimum atomic E-state index is -0.849. The normalized spacial score (nSPS) is 28.9. The molecule has 2 N–H and O–H groups in total. The second-order valence-corrected chi connectivity index (χ2v) is 4.62. The Labute approximate surface area is 99.0 Å². The highest BCUT2D eigenvalue weighted by Gasteiger charge is 2.34. The first-order valence-corrected chi connectivity index (χ1v) is 5.89. The topological polar surface area (TPSA) is 86.7 Å². The summed E-state index contributed by atoms with van der Waals surface area (Å²) >= 11 is 0. The van der Waals surface area contributed by atoms with E-state index in [2.05, 4.69) is 5.32 Å². The van der Waals surface area contributed by atoms with Crippen LogP contribution < -0.4 is 5.32 Å². The van der Waals surface area contributed by atoms with Crippen molar-refractivity contribution in [3.05, 3.63) is 0 Å². The predicted molar refractivity (Wildman–Crippen MR) is 58.1 cm³/mol. The van der Waals surface area contributed by atoms with Crippen LogP contribution in [0.5, 0.6) is 0 Å². The van der Waals surface area contributed by atoms with E-state index in [0.717, 1.165) is 0 Å². The van der Waals surface area contributed by atoms with Crippen molar-refractivity contribution in [2.24, 2.45) is 5.92 Å². The minimum absolute atomic E-state index is 0.102. The van der Waals surface area contributed by atoms with Crippen LogP contribution in [0.1, 0.15) is 25.7 Å². The van der Waals surface area contributed by atoms with Crippen molar-refractivity contribution in [2.45, 2.75) is 31.7 Å². The number of amides is 2. The molecule has 0 radical (unpaired) electrons. The molecule has 2 amide bonds. The summed E-state index contributed by atoms with van der Waals surface area (Å²) in [4.78, 5) is 35.5. The first-order valence-electron chi connectivity index (χ1n) is 5.89. The average molecular weight is 240 g/mol. The molecule has 0 bridgehead atoms. The van der Waals surface area contributed by atoms with Crippen molar-refractivity contribution in [3.8, 4) is 0 Å². The van der Waals surface area contributed by atoms with Crippen LogP contribution in [0.2, 0.25) is 0 Å². The van der Waals surface area contributed by atoms with Crippen LogP contribution >= 0.6 is 0 Å². The van der Waals surface area contributed by atoms with Gasteiger partial charge in [-0.2, -0.15) is 0 Å². The number of piperidine rings is 1. The Morgan fingerprint density at radius 1 is 1.35 bits per heavy atom. The standard InChI is InChI=1S/C11H16N2O4/c14-9-4-3-8(12-9)10(15)13-5-1-2-7(6-13)11(16)17/h7-8H,1-6H2,(H,12,14)(H,16,17)/t7?,8-/m0/s1. The lowest BCUT2D eigenvalue weighted by Gasteiger charge is -2.32. The number of aliphatic carboxylic acids is 1. The molecule has 2 aliphatic heterocycles. The van der Waals surface area contributed by atoms with E-state index in [1.54, 1.807) is 4.90 Å². The van der Waals surface area contributed by atoms with Gasteiger partial charge in [0.05, 0.1) is 5.92 Å². The Hall–Kier alpha value is -1.59. The van der Waals surface area contributed by atoms with Gasteiger partial charge in [-0.25, -0.2) is 0 Å². The quantitative estimate of drug-likeness (QED) is 0.687. The maximum Gasteiger partial charge on any atom is 0.308 e. The van der Waals surface area contributed by atoms with Crippen molar-refractivity contribution in [3.63, 3.8) is 0 Å². The summed E-state index contributed by atoms with van der Waals surface area (Å²) in [5.74, 6) is -1.56. The molecule has 0 spiro atoms. The maximum atomic E-state index is 12.0. The van der Waals surface area contributed by atoms with E-state index in [1.807, 2.05) is 0 Å². The first kappa shape index (κ1) is 11.9. The maximum absolute atomic E-state index is 12.0. The number of hydrogen-bond donors (Lipinski definition) is 2. The van der Waals surface area contributed by atoms with E-state index < -0.39 is 17.9 Å². The number of carbonyl (C=O) groups is 3. The second kappa shape index (κ2) is 4.73. The Bertz CT molecular complexity index is 355. The molecule has 0 aromatic rings. The fourth-order valence-electron chi connectivity index (χ4n) is 2.40. The number of carboxylic acid groups (broad SMARTS) is 1. The van der Waals surface area contributed by atoms with Crippen molar-refractivity contribution in [1.29, 1.82) is 0 Å². The Kier molecular flexibility index (Phi) is 3.31. The number of hydrogen-bond acceptors (Lipinski definition) is 3. The van der Waals surface area contributed by atoms with E-state index >= 15 is 0 Å². The molecule has 17 heavy (non-hydrogen) atoms. The van der Waals surface area contributed by atoms with Crippen LogP contribution in [0.4, 0.5) is 0 Å². The highest BCUT2D eigenvalue weighted by atomic mass is 16.4. The van der Waals surface area contributed by atoms with Crippen molar-refractivity contribution >= 4 is 17.8 Å². The monoisotopic (exact) mass is 240 g/mol. The molecule has 2 fully saturated rings. The van der Waals surface area contributed by atoms with Gasteiger partial charge >= 0.3 is 5.97 Å². The average Bonchev–Trinajstić information content (AvgIpc) is 2.75. The Morgan fingerprint density at radius 2 is 2.12 bits per heavy atom. The summed E-state index contributed by atoms with van der Waals surface area (Å²) < 4.78 is 0. The third kappa shape index (κ3) is 2.57. The SMILES string of the molecule is O=C1CC[C@@H](C(=O)N2CCCC(C(=O)O)C2)N1. The zero-order valence-corrected chi connectivity index (χ0v) is 9.52. The molecule has 2 heterocycles. The molecule has 2 saturated heterocycles. The summed E-state index contributed by atoms with van der Waals surface area (Å²) in [5, 5.41) is 11.6. The summed E-state index contributed by atoms with van der Waals surface area (Å²) in [6, 6.07) is -0.449. The van der Waals surface area contributed by atoms with Gasteiger partial charge in [0.25, 0.3) is 0 Å². The van der Waals surface area contributed by atoms with Gasteiger partial charge in [-0.05, 0) is 19.3 Å². The van der Waals surface area contributed by atoms with Gasteiger partial charge in [-0.15, -0.1) is 0 Å². The zero-order valence-electron chi connectivity index (χ0n) is 9.52. The van der Waals surface area contributed by atoms with Crippen LogP contribution in [0.3, 0.4) is 0 Å². The van der Waals surface area contributed by atoms with E-state index in [-0.39, 0.29) is 18.4 Å². The van der Waals surface area contributed by atoms with Gasteiger partial charge in [-0.1, -0.05) is 0 Å². The van der Waals surface area contributed by atoms with Crippen LogP contribution in [-0.4, -0.2) is 46.9 Å². The van der Waals surface area contributed by atoms with Crippen molar-refractivity contribution in [1.82, 2.24) is 10.2 Å². The van der Waals surface area contributed by atoms with E-state index in [9.17, 15) is 14.4 Å². The van der Waals surface area contributed by atoms with E-state index in [1.165, 1.54) is 0 Å². The molecule has 1 unspecified atom stereocenters. The van der Waals surface area contributed by atoms with Crippen LogP contribution in [0.15, 0.2) is 0 Å². The van der Waals surface area contributed by atoms with Gasteiger partial charge in [0.15, 0.2) is 0 Å². The second-order valence-electron chi connectivity index (χ2n) is 4.62. The minimum Gasteiger partial charge on any atom is -0.481 e. The molecule has 94 valence electrons. The lowest BCUT2D eigenvalue weighted by molar-refractivity contribution is -0.146. The molecular weight excluding hydrogens is 224 g/mol. The molecule has 0 aliphatic carbocycles. The fourth-order valence-corrected chi connectivity index (χ4v) is 2.40. The lowest BCUT2D eigenvalue weighted by Crippen LogP contribution is -2.49. The molecule has 2 aliphatic rings. The number of carboxylic acids is 1. The van der Waals surface area contributed by atoms with Gasteiger partial charge in [0.1, 0.15) is 6.04 Å². The number of rotatable bonds is 2. The smallest absolute Gasteiger partial charge is 0.308 e. The van der Waals surface area contributed by atoms with Crippen molar-refractivity contribution in [2.75, 3.05) is 13.1 Å². The third-order valence-corrected chi connectivity index (χ3v) is 3.38. The van der Waals surface area contributed by atoms with Gasteiger partial charge in [0.2, 0.25) is 11.8 Å². The number of nitrogens with one attached hydrogen (secondary N) is 1. The van der Waals surface area contributed by atoms with Gasteiger partial charge in [0, 0.05) is 19.5 Å². The highest BCUT2D eigenvalue weighted by Crippen LogP contribution is 2.19. The summed E-state index contributed by atoms with van der Waals surface area (Å²) in [7, 11) is 0. The lowest BCUT2D eigenvalue weighted by atomic mass is 9.97. The molecule has 2 atom stereocenters. The summed E-state index contributed by atoms with van der Waals surface area (Å²) in [6.45, 7) is 0.857. The van der Waals surface area contributed by atoms with Crippen LogP contribution in [-0.2, 0) is 14.4 Å². The molecular formula is C11H16N2O4. The molecule has 0 saturated carbocycles. The highest BCUT2D eigenvalue weighted by molar-refractivity contribution is 5.91. The predicted octanol–water partition coefficient (Wildman–Crippen LogP) is -0.412. The number of nitrogens with zero attached hydrogens (tertiary/aromatic N) is 1. The fraction of sp³-hybridized carbons (Fsp3) is 0.727. The number of likely N-dealkylation sites (tertiary alicyclic amines) is 1. The third-order valence-electron chi connectivity index (χ3n) is 3.38. The van der Waals surface area contributed by atoms with Gasteiger partial charge < -0.3 is 15.3 Å². The number of carbonyl (C=O) groups excluding carboxylic acids is 2. The van der Waals surface area contributed by atoms with Crippen molar-refractivity contribution < 1.29 is 19.5 Å². The molecule has 6 nitrogen and oxygen atoms in total. The molecule has 0 aromatic carbocycles. The summed E-state index contributed by atoms with van der Waals surface area (Å²) in [6.07, 6.45) is 2.23. The zero-order chi connectivity index (χ0) is 12.4. The Balaban J connectivity index is 1.95. The molecule has 6 heteroatoms. The van der Waals surface area contributed by atoms with E-state index in [4.69, 9.17) is 5.11 Å². The summed E-state index contributed by atoms with van der Waals surface area (Å²) in [5.41, 5.74) is 0.